The highest BCUT2D eigenvalue weighted by Crippen LogP contribution is 2.11. The number of nitrogens with zero attached hydrogens (tertiary/aromatic N) is 2. The summed E-state index contributed by atoms with van der Waals surface area (Å²) in [6, 6.07) is 16.7. The van der Waals surface area contributed by atoms with Gasteiger partial charge in [0, 0.05) is 5.97 Å². The molecule has 0 unspecified atom stereocenters. The minimum Gasteiger partial charge on any atom is -0.550 e. The van der Waals surface area contributed by atoms with Crippen LogP contribution in [-0.4, -0.2) is 10.5 Å². The topological polar surface area (TPSA) is 48.9 Å². The van der Waals surface area contributed by atoms with Crippen molar-refractivity contribution in [2.24, 2.45) is 7.05 Å². The largest absolute Gasteiger partial charge is 0.550 e. The molecule has 4 heteroatoms. The van der Waals surface area contributed by atoms with E-state index < -0.39 is 5.97 Å². The van der Waals surface area contributed by atoms with Gasteiger partial charge in [0.15, 0.2) is 0 Å². The maximum absolute atomic E-state index is 8.89. The van der Waals surface area contributed by atoms with Gasteiger partial charge in [-0.2, -0.15) is 0 Å². The number of carbonyl (C=O) groups excluding carboxylic acids is 1. The van der Waals surface area contributed by atoms with Crippen molar-refractivity contribution in [2.75, 3.05) is 0 Å². The molecule has 0 aliphatic carbocycles. The van der Waals surface area contributed by atoms with Crippen LogP contribution in [0.5, 0.6) is 0 Å². The van der Waals surface area contributed by atoms with Gasteiger partial charge in [-0.1, -0.05) is 68.3 Å². The van der Waals surface area contributed by atoms with E-state index in [0.29, 0.717) is 0 Å². The number of benzene rings is 2. The summed E-state index contributed by atoms with van der Waals surface area (Å²) < 4.78 is 4.33. The van der Waals surface area contributed by atoms with E-state index in [1.165, 1.54) is 43.0 Å². The number of rotatable bonds is 5. The van der Waals surface area contributed by atoms with Crippen molar-refractivity contribution < 1.29 is 14.5 Å². The van der Waals surface area contributed by atoms with Crippen molar-refractivity contribution in [3.05, 3.63) is 67.3 Å². The number of carboxylic acid groups (broad SMARTS) is 1. The molecular weight excluding hydrogens is 324 g/mol. The first kappa shape index (κ1) is 21.4. The molecule has 26 heavy (non-hydrogen) atoms. The first-order valence-electron chi connectivity index (χ1n) is 9.15. The molecule has 1 aromatic heterocycles. The van der Waals surface area contributed by atoms with Gasteiger partial charge >= 0.3 is 0 Å². The smallest absolute Gasteiger partial charge is 0.243 e. The lowest BCUT2D eigenvalue weighted by Gasteiger charge is -1.95. The fraction of sp³-hybridized carbons (Fsp3) is 0.364. The Labute approximate surface area is 156 Å². The van der Waals surface area contributed by atoms with Crippen LogP contribution in [0.1, 0.15) is 39.5 Å². The van der Waals surface area contributed by atoms with Crippen LogP contribution in [0.25, 0.3) is 10.8 Å². The highest BCUT2D eigenvalue weighted by Gasteiger charge is 1.98. The van der Waals surface area contributed by atoms with Gasteiger partial charge in [-0.05, 0) is 30.5 Å². The molecule has 1 heterocycles. The summed E-state index contributed by atoms with van der Waals surface area (Å²) in [4.78, 5) is 8.89. The van der Waals surface area contributed by atoms with Gasteiger partial charge < -0.3 is 9.90 Å². The third-order valence-corrected chi connectivity index (χ3v) is 3.75. The third kappa shape index (κ3) is 9.62. The van der Waals surface area contributed by atoms with Gasteiger partial charge in [0.2, 0.25) is 6.33 Å². The van der Waals surface area contributed by atoms with Crippen LogP contribution in [0.3, 0.4) is 0 Å². The standard InChI is InChI=1S/C10H19N2.C10H8.C2H4O2/c1-3-4-5-6-7-12-9-8-11(2)10-12;1-2-6-10-8-4-3-7-9(10)5-1;1-2(3)4/h8-10H,3-7H2,1-2H3;1-8H;1H3,(H,3,4)/q+1;;/p-1. The molecule has 0 spiro atoms. The molecule has 0 saturated carbocycles. The molecule has 0 bridgehead atoms. The maximum atomic E-state index is 8.89. The fourth-order valence-corrected chi connectivity index (χ4v) is 2.49. The van der Waals surface area contributed by atoms with E-state index in [1.807, 2.05) is 0 Å². The monoisotopic (exact) mass is 354 g/mol. The first-order valence-corrected chi connectivity index (χ1v) is 9.15. The van der Waals surface area contributed by atoms with E-state index >= 15 is 0 Å². The van der Waals surface area contributed by atoms with Crippen molar-refractivity contribution in [1.82, 2.24) is 4.57 Å². The Morgan fingerprint density at radius 3 is 1.88 bits per heavy atom. The molecule has 3 aromatic rings. The molecule has 4 nitrogen and oxygen atoms in total. The average molecular weight is 354 g/mol. The van der Waals surface area contributed by atoms with E-state index in [-0.39, 0.29) is 0 Å². The Morgan fingerprint density at radius 2 is 1.50 bits per heavy atom. The number of unbranched alkanes of at least 4 members (excludes halogenated alkanes) is 3. The summed E-state index contributed by atoms with van der Waals surface area (Å²) in [6.45, 7) is 4.39. The van der Waals surface area contributed by atoms with Crippen molar-refractivity contribution >= 4 is 16.7 Å². The van der Waals surface area contributed by atoms with E-state index in [0.717, 1.165) is 6.92 Å². The SMILES string of the molecule is CC(=O)[O-].CCCCCCn1cc[n+](C)c1.c1ccc2ccccc2c1. The Morgan fingerprint density at radius 1 is 1.00 bits per heavy atom. The number of fused-ring (bicyclic) bond motifs is 1. The zero-order chi connectivity index (χ0) is 19.2. The number of imidazole rings is 1. The van der Waals surface area contributed by atoms with Gasteiger partial charge in [-0.25, -0.2) is 9.13 Å². The average Bonchev–Trinajstić information content (AvgIpc) is 3.04. The molecule has 0 N–H and O–H groups in total. The Hall–Kier alpha value is -2.62. The molecule has 0 atom stereocenters. The highest BCUT2D eigenvalue weighted by atomic mass is 16.4. The molecule has 140 valence electrons. The minimum absolute atomic E-state index is 0.972. The Kier molecular flexibility index (Phi) is 10.5. The molecule has 0 fully saturated rings. The summed E-state index contributed by atoms with van der Waals surface area (Å²) in [6.07, 6.45) is 11.7. The molecular formula is C22H30N2O2. The number of aliphatic carboxylic acids is 1. The number of hydrogen-bond donors (Lipinski definition) is 0. The van der Waals surface area contributed by atoms with Gasteiger partial charge in [0.05, 0.1) is 13.6 Å². The molecule has 0 radical (unpaired) electrons. The van der Waals surface area contributed by atoms with E-state index in [9.17, 15) is 0 Å². The van der Waals surface area contributed by atoms with E-state index in [1.54, 1.807) is 0 Å². The van der Waals surface area contributed by atoms with Crippen molar-refractivity contribution in [1.29, 1.82) is 0 Å². The summed E-state index contributed by atoms with van der Waals surface area (Å²) in [5.41, 5.74) is 0. The summed E-state index contributed by atoms with van der Waals surface area (Å²) in [7, 11) is 2.06. The quantitative estimate of drug-likeness (QED) is 0.520. The van der Waals surface area contributed by atoms with Crippen LogP contribution in [0.4, 0.5) is 0 Å². The number of carbonyl (C=O) groups is 1. The van der Waals surface area contributed by atoms with Crippen LogP contribution in [0.2, 0.25) is 0 Å². The third-order valence-electron chi connectivity index (χ3n) is 3.75. The lowest BCUT2D eigenvalue weighted by atomic mass is 10.1. The summed E-state index contributed by atoms with van der Waals surface area (Å²) in [5, 5.41) is 11.5. The number of aryl methyl sites for hydroxylation is 2. The first-order chi connectivity index (χ1) is 12.5. The van der Waals surface area contributed by atoms with Gasteiger partial charge in [-0.3, -0.25) is 0 Å². The lowest BCUT2D eigenvalue weighted by molar-refractivity contribution is -0.671. The lowest BCUT2D eigenvalue weighted by Crippen LogP contribution is -2.23. The highest BCUT2D eigenvalue weighted by molar-refractivity contribution is 5.81. The maximum Gasteiger partial charge on any atom is 0.243 e. The second-order valence-electron chi connectivity index (χ2n) is 6.22. The Balaban J connectivity index is 0.000000219. The second-order valence-corrected chi connectivity index (χ2v) is 6.22. The molecule has 0 amide bonds. The van der Waals surface area contributed by atoms with Crippen molar-refractivity contribution in [3.63, 3.8) is 0 Å². The number of hydrogen-bond acceptors (Lipinski definition) is 2. The number of carboxylic acids is 1. The fourth-order valence-electron chi connectivity index (χ4n) is 2.49. The molecule has 0 saturated heterocycles. The molecule has 0 aliphatic rings. The van der Waals surface area contributed by atoms with Crippen molar-refractivity contribution in [2.45, 2.75) is 46.1 Å². The minimum atomic E-state index is -1.08. The predicted molar refractivity (Wildman–Crippen MR) is 104 cm³/mol. The van der Waals surface area contributed by atoms with Crippen LogP contribution in [0.15, 0.2) is 67.3 Å². The van der Waals surface area contributed by atoms with Crippen LogP contribution >= 0.6 is 0 Å². The molecule has 0 aliphatic heterocycles. The molecule has 3 rings (SSSR count). The Bertz CT molecular complexity index is 696. The van der Waals surface area contributed by atoms with Gasteiger partial charge in [0.1, 0.15) is 12.4 Å². The van der Waals surface area contributed by atoms with Gasteiger partial charge in [-0.15, -0.1) is 0 Å². The number of aromatic nitrogens is 2. The zero-order valence-corrected chi connectivity index (χ0v) is 16.1. The zero-order valence-electron chi connectivity index (χ0n) is 16.1. The van der Waals surface area contributed by atoms with Crippen LogP contribution in [-0.2, 0) is 18.4 Å². The van der Waals surface area contributed by atoms with Crippen molar-refractivity contribution in [3.8, 4) is 0 Å². The second kappa shape index (κ2) is 12.7. The van der Waals surface area contributed by atoms with Crippen LogP contribution in [0, 0.1) is 0 Å². The normalized spacial score (nSPS) is 9.65. The van der Waals surface area contributed by atoms with E-state index in [2.05, 4.69) is 90.4 Å². The molecule has 2 aromatic carbocycles. The summed E-state index contributed by atoms with van der Waals surface area (Å²) in [5.74, 6) is -1.08. The van der Waals surface area contributed by atoms with E-state index in [4.69, 9.17) is 9.90 Å². The van der Waals surface area contributed by atoms with Crippen LogP contribution < -0.4 is 9.67 Å². The van der Waals surface area contributed by atoms with Gasteiger partial charge in [0.25, 0.3) is 0 Å². The predicted octanol–water partition coefficient (Wildman–Crippen LogP) is 3.49. The summed E-state index contributed by atoms with van der Waals surface area (Å²) >= 11 is 0.